The number of hydrogen-bond acceptors (Lipinski definition) is 4. The Hall–Kier alpha value is -2.47. The largest absolute Gasteiger partial charge is 0.369 e. The van der Waals surface area contributed by atoms with Gasteiger partial charge in [0.1, 0.15) is 5.82 Å². The van der Waals surface area contributed by atoms with E-state index in [9.17, 15) is 4.39 Å². The maximum Gasteiger partial charge on any atom is 0.182 e. The summed E-state index contributed by atoms with van der Waals surface area (Å²) in [5.74, 6) is 0.259. The zero-order valence-corrected chi connectivity index (χ0v) is 12.0. The zero-order chi connectivity index (χ0) is 14.9. The van der Waals surface area contributed by atoms with Crippen LogP contribution in [0.25, 0.3) is 17.0 Å². The molecule has 2 aromatic heterocycles. The summed E-state index contributed by atoms with van der Waals surface area (Å²) in [7, 11) is 0. The summed E-state index contributed by atoms with van der Waals surface area (Å²) in [5, 5.41) is 7.76. The third-order valence-corrected chi connectivity index (χ3v) is 3.89. The molecule has 5 nitrogen and oxygen atoms in total. The Kier molecular flexibility index (Phi) is 3.23. The first-order valence-electron chi connectivity index (χ1n) is 7.38. The van der Waals surface area contributed by atoms with Crippen LogP contribution in [-0.2, 0) is 0 Å². The Labute approximate surface area is 127 Å². The Balaban J connectivity index is 1.71. The topological polar surface area (TPSA) is 45.5 Å². The van der Waals surface area contributed by atoms with Crippen molar-refractivity contribution in [2.24, 2.45) is 0 Å². The number of anilines is 1. The van der Waals surface area contributed by atoms with E-state index in [2.05, 4.69) is 20.3 Å². The van der Waals surface area contributed by atoms with Crippen molar-refractivity contribution in [1.82, 2.24) is 19.9 Å². The second-order valence-corrected chi connectivity index (χ2v) is 5.37. The number of piperazine rings is 1. The molecule has 1 fully saturated rings. The van der Waals surface area contributed by atoms with Gasteiger partial charge in [0.2, 0.25) is 0 Å². The summed E-state index contributed by atoms with van der Waals surface area (Å²) in [6.07, 6.45) is 1.91. The molecule has 3 aromatic rings. The Bertz CT molecular complexity index is 807. The molecule has 0 atom stereocenters. The van der Waals surface area contributed by atoms with E-state index >= 15 is 0 Å². The van der Waals surface area contributed by atoms with Gasteiger partial charge in [-0.15, -0.1) is 5.10 Å². The number of pyridine rings is 1. The van der Waals surface area contributed by atoms with Gasteiger partial charge in [-0.2, -0.15) is 0 Å². The van der Waals surface area contributed by atoms with E-state index in [4.69, 9.17) is 0 Å². The fourth-order valence-corrected chi connectivity index (χ4v) is 2.74. The summed E-state index contributed by atoms with van der Waals surface area (Å²) in [4.78, 5) is 6.85. The first-order chi connectivity index (χ1) is 10.8. The van der Waals surface area contributed by atoms with Crippen molar-refractivity contribution in [3.05, 3.63) is 48.4 Å². The first-order valence-corrected chi connectivity index (χ1v) is 7.38. The molecule has 112 valence electrons. The summed E-state index contributed by atoms with van der Waals surface area (Å²) in [5.41, 5.74) is 2.61. The van der Waals surface area contributed by atoms with Crippen LogP contribution in [0.5, 0.6) is 0 Å². The number of halogens is 1. The molecule has 0 spiro atoms. The van der Waals surface area contributed by atoms with Crippen LogP contribution >= 0.6 is 0 Å². The molecule has 1 N–H and O–H groups in total. The van der Waals surface area contributed by atoms with Gasteiger partial charge in [-0.3, -0.25) is 0 Å². The minimum absolute atomic E-state index is 0.280. The molecule has 4 rings (SSSR count). The number of aromatic nitrogens is 3. The van der Waals surface area contributed by atoms with Crippen LogP contribution in [0.15, 0.2) is 42.6 Å². The maximum atomic E-state index is 13.3. The molecule has 6 heteroatoms. The van der Waals surface area contributed by atoms with Crippen molar-refractivity contribution in [2.45, 2.75) is 0 Å². The van der Waals surface area contributed by atoms with Gasteiger partial charge in [0, 0.05) is 49.7 Å². The Morgan fingerprint density at radius 1 is 1.09 bits per heavy atom. The van der Waals surface area contributed by atoms with Gasteiger partial charge in [0.05, 0.1) is 0 Å². The molecule has 0 unspecified atom stereocenters. The number of fused-ring (bicyclic) bond motifs is 1. The van der Waals surface area contributed by atoms with Crippen molar-refractivity contribution in [3.63, 3.8) is 0 Å². The molecule has 22 heavy (non-hydrogen) atoms. The second-order valence-electron chi connectivity index (χ2n) is 5.37. The number of rotatable bonds is 2. The van der Waals surface area contributed by atoms with Crippen LogP contribution in [0.2, 0.25) is 0 Å². The van der Waals surface area contributed by atoms with Gasteiger partial charge in [-0.1, -0.05) is 12.1 Å². The van der Waals surface area contributed by atoms with Crippen molar-refractivity contribution in [1.29, 1.82) is 0 Å². The standard InChI is InChI=1S/C16H16FN5/c17-13-3-1-2-12(10-13)16-19-15-11-14(4-7-22(15)20-16)21-8-5-18-6-9-21/h1-4,7,10-11,18H,5-6,8-9H2. The highest BCUT2D eigenvalue weighted by Gasteiger charge is 2.13. The lowest BCUT2D eigenvalue weighted by molar-refractivity contribution is 0.589. The van der Waals surface area contributed by atoms with Crippen LogP contribution in [0, 0.1) is 5.82 Å². The van der Waals surface area contributed by atoms with E-state index in [0.717, 1.165) is 37.5 Å². The van der Waals surface area contributed by atoms with Gasteiger partial charge in [-0.25, -0.2) is 13.9 Å². The van der Waals surface area contributed by atoms with E-state index in [-0.39, 0.29) is 5.82 Å². The molecule has 0 radical (unpaired) electrons. The number of benzene rings is 1. The van der Waals surface area contributed by atoms with Gasteiger partial charge < -0.3 is 10.2 Å². The summed E-state index contributed by atoms with van der Waals surface area (Å²) in [6, 6.07) is 10.4. The fourth-order valence-electron chi connectivity index (χ4n) is 2.74. The van der Waals surface area contributed by atoms with E-state index in [1.165, 1.54) is 12.1 Å². The molecule has 0 amide bonds. The van der Waals surface area contributed by atoms with Crippen LogP contribution in [0.1, 0.15) is 0 Å². The number of hydrogen-bond donors (Lipinski definition) is 1. The maximum absolute atomic E-state index is 13.3. The van der Waals surface area contributed by atoms with Gasteiger partial charge in [0.15, 0.2) is 11.5 Å². The minimum Gasteiger partial charge on any atom is -0.369 e. The van der Waals surface area contributed by atoms with Crippen LogP contribution in [0.3, 0.4) is 0 Å². The smallest absolute Gasteiger partial charge is 0.182 e. The summed E-state index contributed by atoms with van der Waals surface area (Å²) in [6.45, 7) is 3.96. The lowest BCUT2D eigenvalue weighted by atomic mass is 10.2. The van der Waals surface area contributed by atoms with E-state index in [1.54, 1.807) is 10.6 Å². The molecule has 0 saturated carbocycles. The average Bonchev–Trinajstić information content (AvgIpc) is 2.99. The van der Waals surface area contributed by atoms with Crippen LogP contribution < -0.4 is 10.2 Å². The highest BCUT2D eigenvalue weighted by molar-refractivity contribution is 5.62. The van der Waals surface area contributed by atoms with Crippen LogP contribution in [0.4, 0.5) is 10.1 Å². The number of nitrogens with zero attached hydrogens (tertiary/aromatic N) is 4. The second kappa shape index (κ2) is 5.38. The molecule has 0 aliphatic carbocycles. The van der Waals surface area contributed by atoms with E-state index in [0.29, 0.717) is 11.4 Å². The van der Waals surface area contributed by atoms with Crippen molar-refractivity contribution >= 4 is 11.3 Å². The molecular weight excluding hydrogens is 281 g/mol. The lowest BCUT2D eigenvalue weighted by Crippen LogP contribution is -2.43. The highest BCUT2D eigenvalue weighted by Crippen LogP contribution is 2.20. The third kappa shape index (κ3) is 2.42. The van der Waals surface area contributed by atoms with E-state index in [1.807, 2.05) is 24.4 Å². The SMILES string of the molecule is Fc1cccc(-c2nc3cc(N4CCNCC4)ccn3n2)c1. The third-order valence-electron chi connectivity index (χ3n) is 3.89. The Morgan fingerprint density at radius 2 is 1.95 bits per heavy atom. The number of nitrogens with one attached hydrogen (secondary N) is 1. The molecule has 0 bridgehead atoms. The summed E-state index contributed by atoms with van der Waals surface area (Å²) < 4.78 is 15.1. The first kappa shape index (κ1) is 13.2. The molecule has 3 heterocycles. The van der Waals surface area contributed by atoms with E-state index < -0.39 is 0 Å². The average molecular weight is 297 g/mol. The predicted molar refractivity (Wildman–Crippen MR) is 83.5 cm³/mol. The normalized spacial score (nSPS) is 15.4. The molecule has 1 aliphatic heterocycles. The quantitative estimate of drug-likeness (QED) is 0.785. The highest BCUT2D eigenvalue weighted by atomic mass is 19.1. The minimum atomic E-state index is -0.280. The van der Waals surface area contributed by atoms with Crippen molar-refractivity contribution < 1.29 is 4.39 Å². The fraction of sp³-hybridized carbons (Fsp3) is 0.250. The molecule has 1 aliphatic rings. The van der Waals surface area contributed by atoms with Crippen molar-refractivity contribution in [2.75, 3.05) is 31.1 Å². The zero-order valence-electron chi connectivity index (χ0n) is 12.0. The lowest BCUT2D eigenvalue weighted by Gasteiger charge is -2.29. The predicted octanol–water partition coefficient (Wildman–Crippen LogP) is 1.94. The van der Waals surface area contributed by atoms with Crippen LogP contribution in [-0.4, -0.2) is 40.8 Å². The molecule has 1 aromatic carbocycles. The summed E-state index contributed by atoms with van der Waals surface area (Å²) >= 11 is 0. The van der Waals surface area contributed by atoms with Gasteiger partial charge >= 0.3 is 0 Å². The monoisotopic (exact) mass is 297 g/mol. The Morgan fingerprint density at radius 3 is 2.77 bits per heavy atom. The molecular formula is C16H16FN5. The molecule has 1 saturated heterocycles. The van der Waals surface area contributed by atoms with Gasteiger partial charge in [-0.05, 0) is 18.2 Å². The van der Waals surface area contributed by atoms with Gasteiger partial charge in [0.25, 0.3) is 0 Å². The van der Waals surface area contributed by atoms with Crippen molar-refractivity contribution in [3.8, 4) is 11.4 Å².